The number of carbonyl (C=O) groups excluding carboxylic acids is 1. The molecule has 13 heavy (non-hydrogen) atoms. The zero-order valence-electron chi connectivity index (χ0n) is 8.38. The topological polar surface area (TPSA) is 32.3 Å². The number of rotatable bonds is 3. The molecule has 0 radical (unpaired) electrons. The highest BCUT2D eigenvalue weighted by Crippen LogP contribution is 2.04. The predicted molar refractivity (Wildman–Crippen MR) is 57.0 cm³/mol. The summed E-state index contributed by atoms with van der Waals surface area (Å²) in [6.07, 6.45) is 2.72. The summed E-state index contributed by atoms with van der Waals surface area (Å²) >= 11 is 1.73. The van der Waals surface area contributed by atoms with Crippen LogP contribution in [0.3, 0.4) is 0 Å². The smallest absolute Gasteiger partial charge is 0.223 e. The molecule has 0 bridgehead atoms. The van der Waals surface area contributed by atoms with E-state index in [1.807, 2.05) is 11.2 Å². The summed E-state index contributed by atoms with van der Waals surface area (Å²) < 4.78 is 0. The normalized spacial score (nSPS) is 23.2. The Bertz CT molecular complexity index is 175. The quantitative estimate of drug-likeness (QED) is 0.726. The second kappa shape index (κ2) is 5.50. The molecule has 0 aromatic rings. The number of nitrogens with one attached hydrogen (secondary N) is 1. The largest absolute Gasteiger partial charge is 0.340 e. The van der Waals surface area contributed by atoms with Gasteiger partial charge < -0.3 is 10.2 Å². The molecule has 0 aromatic carbocycles. The summed E-state index contributed by atoms with van der Waals surface area (Å²) in [6.45, 7) is 4.80. The molecule has 0 spiro atoms. The van der Waals surface area contributed by atoms with Crippen molar-refractivity contribution in [1.29, 1.82) is 0 Å². The van der Waals surface area contributed by atoms with Gasteiger partial charge in [0.05, 0.1) is 0 Å². The summed E-state index contributed by atoms with van der Waals surface area (Å²) in [4.78, 5) is 13.6. The van der Waals surface area contributed by atoms with Crippen LogP contribution in [0.1, 0.15) is 13.3 Å². The Morgan fingerprint density at radius 1 is 1.69 bits per heavy atom. The first-order chi connectivity index (χ1) is 6.24. The average Bonchev–Trinajstić information content (AvgIpc) is 2.14. The van der Waals surface area contributed by atoms with E-state index in [1.54, 1.807) is 11.8 Å². The molecule has 1 fully saturated rings. The summed E-state index contributed by atoms with van der Waals surface area (Å²) in [6, 6.07) is 0.451. The fraction of sp³-hybridized carbons (Fsp3) is 0.889. The van der Waals surface area contributed by atoms with E-state index < -0.39 is 0 Å². The van der Waals surface area contributed by atoms with E-state index in [-0.39, 0.29) is 0 Å². The molecule has 0 saturated carbocycles. The average molecular weight is 202 g/mol. The van der Waals surface area contributed by atoms with Crippen molar-refractivity contribution >= 4 is 17.7 Å². The number of nitrogens with zero attached hydrogens (tertiary/aromatic N) is 1. The van der Waals surface area contributed by atoms with Crippen molar-refractivity contribution in [3.05, 3.63) is 0 Å². The third-order valence-electron chi connectivity index (χ3n) is 2.24. The van der Waals surface area contributed by atoms with Gasteiger partial charge in [-0.15, -0.1) is 0 Å². The van der Waals surface area contributed by atoms with E-state index in [0.29, 0.717) is 18.4 Å². The van der Waals surface area contributed by atoms with Crippen molar-refractivity contribution in [3.8, 4) is 0 Å². The van der Waals surface area contributed by atoms with Gasteiger partial charge in [-0.2, -0.15) is 11.8 Å². The zero-order valence-corrected chi connectivity index (χ0v) is 9.19. The summed E-state index contributed by atoms with van der Waals surface area (Å²) in [5, 5.41) is 3.32. The lowest BCUT2D eigenvalue weighted by molar-refractivity contribution is -0.131. The molecule has 0 unspecified atom stereocenters. The molecule has 3 nitrogen and oxygen atoms in total. The van der Waals surface area contributed by atoms with E-state index in [0.717, 1.165) is 25.4 Å². The molecule has 1 aliphatic rings. The molecular weight excluding hydrogens is 184 g/mol. The minimum Gasteiger partial charge on any atom is -0.340 e. The molecule has 1 amide bonds. The monoisotopic (exact) mass is 202 g/mol. The van der Waals surface area contributed by atoms with Crippen LogP contribution in [0.2, 0.25) is 0 Å². The van der Waals surface area contributed by atoms with Gasteiger partial charge in [0.25, 0.3) is 0 Å². The standard InChI is InChI=1S/C9H18N2OS/c1-8-7-11(5-4-10-8)9(12)3-6-13-2/h8,10H,3-7H2,1-2H3/t8-/m1/s1. The Balaban J connectivity index is 2.28. The lowest BCUT2D eigenvalue weighted by atomic mass is 10.2. The maximum atomic E-state index is 11.6. The van der Waals surface area contributed by atoms with Crippen LogP contribution in [0.15, 0.2) is 0 Å². The van der Waals surface area contributed by atoms with Crippen molar-refractivity contribution in [1.82, 2.24) is 10.2 Å². The molecule has 1 saturated heterocycles. The van der Waals surface area contributed by atoms with Crippen LogP contribution >= 0.6 is 11.8 Å². The molecule has 0 aromatic heterocycles. The number of piperazine rings is 1. The molecule has 4 heteroatoms. The summed E-state index contributed by atoms with van der Waals surface area (Å²) in [7, 11) is 0. The minimum atomic E-state index is 0.308. The van der Waals surface area contributed by atoms with Gasteiger partial charge in [0.2, 0.25) is 5.91 Å². The Labute approximate surface area is 84.2 Å². The first kappa shape index (κ1) is 10.9. The van der Waals surface area contributed by atoms with Gasteiger partial charge in [-0.25, -0.2) is 0 Å². The number of thioether (sulfide) groups is 1. The van der Waals surface area contributed by atoms with E-state index in [4.69, 9.17) is 0 Å². The molecule has 1 aliphatic heterocycles. The van der Waals surface area contributed by atoms with Crippen LogP contribution in [0.25, 0.3) is 0 Å². The van der Waals surface area contributed by atoms with Gasteiger partial charge in [-0.05, 0) is 13.2 Å². The van der Waals surface area contributed by atoms with E-state index in [1.165, 1.54) is 0 Å². The minimum absolute atomic E-state index is 0.308. The van der Waals surface area contributed by atoms with Crippen LogP contribution in [-0.4, -0.2) is 48.5 Å². The van der Waals surface area contributed by atoms with Gasteiger partial charge in [-0.3, -0.25) is 4.79 Å². The molecule has 1 N–H and O–H groups in total. The van der Waals surface area contributed by atoms with Crippen LogP contribution in [0.5, 0.6) is 0 Å². The van der Waals surface area contributed by atoms with E-state index in [9.17, 15) is 4.79 Å². The van der Waals surface area contributed by atoms with Crippen LogP contribution in [0.4, 0.5) is 0 Å². The Morgan fingerprint density at radius 3 is 3.08 bits per heavy atom. The van der Waals surface area contributed by atoms with Crippen LogP contribution in [0, 0.1) is 0 Å². The number of amides is 1. The summed E-state index contributed by atoms with van der Waals surface area (Å²) in [5.74, 6) is 1.25. The van der Waals surface area contributed by atoms with Gasteiger partial charge in [0.1, 0.15) is 0 Å². The lowest BCUT2D eigenvalue weighted by Crippen LogP contribution is -2.51. The molecule has 1 rings (SSSR count). The van der Waals surface area contributed by atoms with Crippen LogP contribution in [-0.2, 0) is 4.79 Å². The van der Waals surface area contributed by atoms with Crippen molar-refractivity contribution in [2.75, 3.05) is 31.6 Å². The lowest BCUT2D eigenvalue weighted by Gasteiger charge is -2.31. The SMILES string of the molecule is CSCCC(=O)N1CCN[C@H](C)C1. The molecular formula is C9H18N2OS. The van der Waals surface area contributed by atoms with Crippen molar-refractivity contribution in [2.45, 2.75) is 19.4 Å². The fourth-order valence-corrected chi connectivity index (χ4v) is 1.89. The first-order valence-corrected chi connectivity index (χ1v) is 6.13. The summed E-state index contributed by atoms with van der Waals surface area (Å²) in [5.41, 5.74) is 0. The molecule has 1 atom stereocenters. The number of carbonyl (C=O) groups is 1. The highest BCUT2D eigenvalue weighted by molar-refractivity contribution is 7.98. The third-order valence-corrected chi connectivity index (χ3v) is 2.85. The zero-order chi connectivity index (χ0) is 9.68. The first-order valence-electron chi connectivity index (χ1n) is 4.74. The Kier molecular flexibility index (Phi) is 4.59. The Hall–Kier alpha value is -0.220. The van der Waals surface area contributed by atoms with Crippen molar-refractivity contribution in [3.63, 3.8) is 0 Å². The molecule has 76 valence electrons. The van der Waals surface area contributed by atoms with E-state index >= 15 is 0 Å². The number of hydrogen-bond acceptors (Lipinski definition) is 3. The van der Waals surface area contributed by atoms with E-state index in [2.05, 4.69) is 12.2 Å². The maximum absolute atomic E-state index is 11.6. The number of hydrogen-bond donors (Lipinski definition) is 1. The Morgan fingerprint density at radius 2 is 2.46 bits per heavy atom. The van der Waals surface area contributed by atoms with Gasteiger partial charge in [-0.1, -0.05) is 0 Å². The second-order valence-corrected chi connectivity index (χ2v) is 4.42. The predicted octanol–water partition coefficient (Wildman–Crippen LogP) is 0.560. The second-order valence-electron chi connectivity index (χ2n) is 3.44. The van der Waals surface area contributed by atoms with Crippen LogP contribution < -0.4 is 5.32 Å². The maximum Gasteiger partial charge on any atom is 0.223 e. The van der Waals surface area contributed by atoms with Gasteiger partial charge in [0, 0.05) is 37.8 Å². The highest BCUT2D eigenvalue weighted by atomic mass is 32.2. The highest BCUT2D eigenvalue weighted by Gasteiger charge is 2.19. The van der Waals surface area contributed by atoms with Crippen molar-refractivity contribution < 1.29 is 4.79 Å². The van der Waals surface area contributed by atoms with Gasteiger partial charge >= 0.3 is 0 Å². The molecule has 1 heterocycles. The van der Waals surface area contributed by atoms with Gasteiger partial charge in [0.15, 0.2) is 0 Å². The fourth-order valence-electron chi connectivity index (χ4n) is 1.51. The molecule has 0 aliphatic carbocycles. The third kappa shape index (κ3) is 3.56. The van der Waals surface area contributed by atoms with Crippen molar-refractivity contribution in [2.24, 2.45) is 0 Å².